The van der Waals surface area contributed by atoms with Gasteiger partial charge in [0.25, 0.3) is 0 Å². The minimum Gasteiger partial charge on any atom is -0.481 e. The van der Waals surface area contributed by atoms with E-state index < -0.39 is 53.7 Å². The third-order valence-corrected chi connectivity index (χ3v) is 15.9. The molecule has 6 rings (SSSR count). The number of carbonyl (C=O) groups excluding carboxylic acids is 1. The van der Waals surface area contributed by atoms with Gasteiger partial charge in [-0.1, -0.05) is 61.5 Å². The quantitative estimate of drug-likeness (QED) is 0.131. The minimum absolute atomic E-state index is 0. The van der Waals surface area contributed by atoms with E-state index in [2.05, 4.69) is 41.5 Å². The maximum atomic E-state index is 13.5. The van der Waals surface area contributed by atoms with Gasteiger partial charge in [-0.25, -0.2) is 0 Å². The van der Waals surface area contributed by atoms with Crippen molar-refractivity contribution in [1.82, 2.24) is 0 Å². The molecule has 6 heterocycles. The molecule has 13 nitrogen and oxygen atoms in total. The molecule has 6 aliphatic heterocycles. The van der Waals surface area contributed by atoms with Crippen LogP contribution in [-0.4, -0.2) is 142 Å². The number of methoxy groups -OCH3 is 1. The molecule has 6 aliphatic rings. The van der Waals surface area contributed by atoms with E-state index >= 15 is 0 Å². The van der Waals surface area contributed by atoms with Crippen LogP contribution in [0.3, 0.4) is 0 Å². The zero-order chi connectivity index (χ0) is 44.1. The number of hydrogen-bond acceptors (Lipinski definition) is 12. The minimum atomic E-state index is -1.61. The molecule has 0 aromatic rings. The summed E-state index contributed by atoms with van der Waals surface area (Å²) in [6.45, 7) is 21.6. The van der Waals surface area contributed by atoms with Crippen molar-refractivity contribution in [3.05, 3.63) is 11.6 Å². The van der Waals surface area contributed by atoms with Gasteiger partial charge in [-0.05, 0) is 77.2 Å². The van der Waals surface area contributed by atoms with Crippen LogP contribution < -0.4 is 0 Å². The van der Waals surface area contributed by atoms with Gasteiger partial charge in [-0.15, -0.1) is 0 Å². The Bertz CT molecular complexity index is 1550. The second-order valence-electron chi connectivity index (χ2n) is 20.5. The Morgan fingerprint density at radius 3 is 2.20 bits per heavy atom. The van der Waals surface area contributed by atoms with Crippen molar-refractivity contribution in [2.24, 2.45) is 47.3 Å². The number of aliphatic carboxylic acids is 1. The number of carbonyl (C=O) groups is 2. The van der Waals surface area contributed by atoms with Gasteiger partial charge in [0.15, 0.2) is 29.4 Å². The van der Waals surface area contributed by atoms with Gasteiger partial charge in [-0.2, -0.15) is 0 Å². The zero-order valence-electron chi connectivity index (χ0n) is 39.5. The molecule has 0 aromatic heterocycles. The van der Waals surface area contributed by atoms with E-state index in [-0.39, 0.29) is 120 Å². The number of ether oxygens (including phenoxy) is 8. The molecule has 2 spiro atoms. The van der Waals surface area contributed by atoms with Gasteiger partial charge in [0.05, 0.1) is 60.9 Å². The Hall–Kier alpha value is -0.520. The molecule has 14 heteroatoms. The topological polar surface area (TPSA) is 169 Å². The molecule has 0 aromatic carbocycles. The largest absolute Gasteiger partial charge is 0.481 e. The van der Waals surface area contributed by atoms with E-state index in [0.29, 0.717) is 37.7 Å². The van der Waals surface area contributed by atoms with Crippen molar-refractivity contribution < 1.29 is 62.8 Å². The molecule has 1 radical (unpaired) electrons. The number of rotatable bonds is 13. The normalized spacial score (nSPS) is 47.2. The van der Waals surface area contributed by atoms with E-state index in [1.165, 1.54) is 0 Å². The summed E-state index contributed by atoms with van der Waals surface area (Å²) in [5.41, 5.74) is -0.116. The second kappa shape index (κ2) is 20.1. The molecule has 3 N–H and O–H groups in total. The van der Waals surface area contributed by atoms with Crippen molar-refractivity contribution in [3.8, 4) is 0 Å². The first-order valence-corrected chi connectivity index (χ1v) is 23.1. The van der Waals surface area contributed by atoms with E-state index in [1.54, 1.807) is 21.0 Å². The van der Waals surface area contributed by atoms with Crippen molar-refractivity contribution in [2.45, 2.75) is 212 Å². The molecule has 0 bridgehead atoms. The van der Waals surface area contributed by atoms with Crippen LogP contribution in [0.5, 0.6) is 0 Å². The SMILES string of the molecule is CO[C@H]1CC[C@H](OC2C[C@@H]([C@@H](C)/C=C(\C)C(=O)[C@H](C)C[C@H](C)C(=O)O)O[C@@]3(CC[C@@](C)([C@H]4CC[C@@H](C)[C@@]5(O[C@@H]([C@H]6O[C@@](O)(CO)[C@H](C)C[C@@H]6C)C[C@@H]5C)O4)O3)[C@@H]2C)O[C@@H]1C.[Na]. The summed E-state index contributed by atoms with van der Waals surface area (Å²) in [4.78, 5) is 25.0. The summed E-state index contributed by atoms with van der Waals surface area (Å²) in [7, 11) is 1.71. The Labute approximate surface area is 387 Å². The van der Waals surface area contributed by atoms with Crippen LogP contribution in [0.1, 0.15) is 140 Å². The molecule has 6 saturated heterocycles. The molecular weight excluding hydrogens is 795 g/mol. The van der Waals surface area contributed by atoms with E-state index in [9.17, 15) is 24.9 Å². The van der Waals surface area contributed by atoms with Gasteiger partial charge >= 0.3 is 5.97 Å². The van der Waals surface area contributed by atoms with Gasteiger partial charge in [0, 0.05) is 91.4 Å². The predicted molar refractivity (Wildman–Crippen MR) is 228 cm³/mol. The molecule has 0 saturated carbocycles. The summed E-state index contributed by atoms with van der Waals surface area (Å²) >= 11 is 0. The van der Waals surface area contributed by atoms with Crippen LogP contribution >= 0.6 is 0 Å². The number of Topliss-reactive ketones (excluding diaryl/α,β-unsaturated/α-hetero) is 1. The fourth-order valence-electron chi connectivity index (χ4n) is 11.7. The predicted octanol–water partition coefficient (Wildman–Crippen LogP) is 6.80. The number of aliphatic hydroxyl groups is 2. The van der Waals surface area contributed by atoms with Crippen molar-refractivity contribution in [2.75, 3.05) is 13.7 Å². The Kier molecular flexibility index (Phi) is 17.0. The number of aliphatic hydroxyl groups excluding tert-OH is 1. The molecule has 345 valence electrons. The van der Waals surface area contributed by atoms with Gasteiger partial charge < -0.3 is 53.2 Å². The van der Waals surface area contributed by atoms with Crippen LogP contribution in [0.4, 0.5) is 0 Å². The number of allylic oxidation sites excluding steroid dienone is 1. The number of ketones is 1. The Balaban J connectivity index is 0.00000704. The summed E-state index contributed by atoms with van der Waals surface area (Å²) in [5.74, 6) is -5.73. The standard InChI is InChI=1S/C47H78O13.Na/c1-25(19-26(2)41(49)27(3)20-29(5)43(50)51)36-23-37(55-40-16-14-35(53-12)34(10)54-40)33(9)46(56-36)18-17-44(11,60-46)39-15-13-30(6)47(58-39)32(8)22-38(57-47)42-28(4)21-31(7)45(52,24-48)59-42;/h19,25,27-40,42,48,52H,13-18,20-24H2,1-12H3,(H,50,51);/b26-19+;/t25-,27+,28-,29-,30+,31+,32-,33+,34+,35-,36-,37?,38+,39+,40-,42-,44-,45-,46+,47+;/m0./s1. The monoisotopic (exact) mass is 874 g/mol. The van der Waals surface area contributed by atoms with Crippen molar-refractivity contribution in [1.29, 1.82) is 0 Å². The summed E-state index contributed by atoms with van der Waals surface area (Å²) in [6, 6.07) is 0. The first kappa shape index (κ1) is 51.5. The molecule has 0 aliphatic carbocycles. The van der Waals surface area contributed by atoms with Gasteiger partial charge in [0.1, 0.15) is 0 Å². The summed E-state index contributed by atoms with van der Waals surface area (Å²) < 4.78 is 54.0. The number of hydrogen-bond donors (Lipinski definition) is 3. The molecular formula is C47H78NaO13. The third-order valence-electron chi connectivity index (χ3n) is 15.9. The first-order chi connectivity index (χ1) is 28.1. The van der Waals surface area contributed by atoms with Crippen LogP contribution in [0.25, 0.3) is 0 Å². The average Bonchev–Trinajstić information content (AvgIpc) is 3.72. The maximum Gasteiger partial charge on any atom is 0.306 e. The molecule has 6 fully saturated rings. The van der Waals surface area contributed by atoms with Crippen molar-refractivity contribution in [3.63, 3.8) is 0 Å². The van der Waals surface area contributed by atoms with Crippen LogP contribution in [0.15, 0.2) is 11.6 Å². The molecule has 20 atom stereocenters. The fraction of sp³-hybridized carbons (Fsp3) is 0.915. The summed E-state index contributed by atoms with van der Waals surface area (Å²) in [6.07, 6.45) is 6.69. The zero-order valence-corrected chi connectivity index (χ0v) is 41.5. The summed E-state index contributed by atoms with van der Waals surface area (Å²) in [5, 5.41) is 30.7. The van der Waals surface area contributed by atoms with E-state index in [0.717, 1.165) is 25.7 Å². The van der Waals surface area contributed by atoms with Crippen LogP contribution in [-0.2, 0) is 47.5 Å². The maximum absolute atomic E-state index is 13.5. The molecule has 0 amide bonds. The second-order valence-corrected chi connectivity index (χ2v) is 20.5. The smallest absolute Gasteiger partial charge is 0.306 e. The molecule has 61 heavy (non-hydrogen) atoms. The van der Waals surface area contributed by atoms with Crippen LogP contribution in [0, 0.1) is 47.3 Å². The average molecular weight is 874 g/mol. The fourth-order valence-corrected chi connectivity index (χ4v) is 11.7. The van der Waals surface area contributed by atoms with Crippen molar-refractivity contribution >= 4 is 41.3 Å². The molecule has 1 unspecified atom stereocenters. The van der Waals surface area contributed by atoms with Crippen LogP contribution in [0.2, 0.25) is 0 Å². The Morgan fingerprint density at radius 1 is 0.852 bits per heavy atom. The van der Waals surface area contributed by atoms with Gasteiger partial charge in [0.2, 0.25) is 0 Å². The van der Waals surface area contributed by atoms with E-state index in [4.69, 9.17) is 37.9 Å². The number of carboxylic acid groups (broad SMARTS) is 1. The van der Waals surface area contributed by atoms with E-state index in [1.807, 2.05) is 26.8 Å². The van der Waals surface area contributed by atoms with Gasteiger partial charge in [-0.3, -0.25) is 9.59 Å². The third kappa shape index (κ3) is 10.4. The number of carboxylic acids is 1. The Morgan fingerprint density at radius 2 is 1.56 bits per heavy atom. The first-order valence-electron chi connectivity index (χ1n) is 23.1.